The molecule has 4 heteroatoms. The molecule has 0 N–H and O–H groups in total. The van der Waals surface area contributed by atoms with Gasteiger partial charge in [-0.25, -0.2) is 9.97 Å². The second-order valence-corrected chi connectivity index (χ2v) is 6.21. The lowest BCUT2D eigenvalue weighted by Gasteiger charge is -2.03. The Morgan fingerprint density at radius 1 is 0.600 bits per heavy atom. The molecule has 0 radical (unpaired) electrons. The molecule has 1 heterocycles. The number of hydrogen-bond acceptors (Lipinski definition) is 4. The second kappa shape index (κ2) is 6.59. The molecule has 0 saturated heterocycles. The Morgan fingerprint density at radius 3 is 1.50 bits per heavy atom. The molecule has 0 spiro atoms. The van der Waals surface area contributed by atoms with Crippen molar-refractivity contribution in [3.05, 3.63) is 73.1 Å². The molecule has 20 heavy (non-hydrogen) atoms. The Bertz CT molecular complexity index is 616. The van der Waals surface area contributed by atoms with E-state index in [2.05, 4.69) is 34.2 Å². The summed E-state index contributed by atoms with van der Waals surface area (Å²) in [5.41, 5.74) is 0. The van der Waals surface area contributed by atoms with Crippen LogP contribution in [0.25, 0.3) is 0 Å². The highest BCUT2D eigenvalue weighted by Crippen LogP contribution is 2.30. The molecule has 1 aromatic heterocycles. The minimum Gasteiger partial charge on any atom is -0.230 e. The summed E-state index contributed by atoms with van der Waals surface area (Å²) < 4.78 is 0. The van der Waals surface area contributed by atoms with Crippen LogP contribution >= 0.6 is 23.5 Å². The van der Waals surface area contributed by atoms with Crippen molar-refractivity contribution >= 4 is 23.5 Å². The monoisotopic (exact) mass is 296 g/mol. The number of benzene rings is 2. The fraction of sp³-hybridized carbons (Fsp3) is 0. The molecule has 0 saturated carbocycles. The van der Waals surface area contributed by atoms with E-state index in [1.165, 1.54) is 9.79 Å². The molecular weight excluding hydrogens is 284 g/mol. The van der Waals surface area contributed by atoms with Gasteiger partial charge in [-0.1, -0.05) is 59.9 Å². The smallest absolute Gasteiger partial charge is 0.118 e. The number of hydrogen-bond donors (Lipinski definition) is 0. The van der Waals surface area contributed by atoms with Crippen LogP contribution in [-0.2, 0) is 0 Å². The zero-order valence-electron chi connectivity index (χ0n) is 10.6. The minimum atomic E-state index is 0.963. The third-order valence-electron chi connectivity index (χ3n) is 2.55. The molecule has 0 aliphatic heterocycles. The first-order valence-corrected chi connectivity index (χ1v) is 7.81. The van der Waals surface area contributed by atoms with Gasteiger partial charge < -0.3 is 0 Å². The van der Waals surface area contributed by atoms with E-state index in [1.54, 1.807) is 29.9 Å². The quantitative estimate of drug-likeness (QED) is 0.647. The zero-order chi connectivity index (χ0) is 13.6. The van der Waals surface area contributed by atoms with Crippen LogP contribution in [0.1, 0.15) is 0 Å². The summed E-state index contributed by atoms with van der Waals surface area (Å²) in [5, 5.41) is 1.93. The van der Waals surface area contributed by atoms with Crippen LogP contribution in [0.15, 0.2) is 92.9 Å². The Labute approximate surface area is 126 Å². The fourth-order valence-electron chi connectivity index (χ4n) is 1.65. The third kappa shape index (κ3) is 3.62. The van der Waals surface area contributed by atoms with E-state index in [0.717, 1.165) is 10.1 Å². The van der Waals surface area contributed by atoms with Crippen LogP contribution in [0, 0.1) is 0 Å². The molecule has 3 aromatic rings. The molecule has 0 bridgehead atoms. The molecule has 0 amide bonds. The van der Waals surface area contributed by atoms with Gasteiger partial charge in [0.1, 0.15) is 16.4 Å². The van der Waals surface area contributed by atoms with Crippen molar-refractivity contribution in [2.75, 3.05) is 0 Å². The lowest BCUT2D eigenvalue weighted by Crippen LogP contribution is -1.85. The van der Waals surface area contributed by atoms with Crippen molar-refractivity contribution in [2.24, 2.45) is 0 Å². The maximum absolute atomic E-state index is 4.31. The molecule has 0 aliphatic rings. The van der Waals surface area contributed by atoms with Crippen LogP contribution in [0.5, 0.6) is 0 Å². The van der Waals surface area contributed by atoms with Gasteiger partial charge in [-0.05, 0) is 24.3 Å². The summed E-state index contributed by atoms with van der Waals surface area (Å²) in [6.07, 6.45) is 1.62. The van der Waals surface area contributed by atoms with Crippen molar-refractivity contribution in [1.29, 1.82) is 0 Å². The van der Waals surface area contributed by atoms with Gasteiger partial charge in [0, 0.05) is 15.9 Å². The predicted octanol–water partition coefficient (Wildman–Crippen LogP) is 4.78. The van der Waals surface area contributed by atoms with E-state index in [1.807, 2.05) is 42.5 Å². The summed E-state index contributed by atoms with van der Waals surface area (Å²) in [4.78, 5) is 11.0. The van der Waals surface area contributed by atoms with E-state index in [9.17, 15) is 0 Å². The lowest BCUT2D eigenvalue weighted by molar-refractivity contribution is 0.963. The number of nitrogens with zero attached hydrogens (tertiary/aromatic N) is 2. The van der Waals surface area contributed by atoms with E-state index >= 15 is 0 Å². The van der Waals surface area contributed by atoms with Crippen molar-refractivity contribution in [1.82, 2.24) is 9.97 Å². The average Bonchev–Trinajstić information content (AvgIpc) is 2.50. The third-order valence-corrected chi connectivity index (χ3v) is 4.43. The van der Waals surface area contributed by atoms with Crippen molar-refractivity contribution in [3.63, 3.8) is 0 Å². The molecule has 0 fully saturated rings. The van der Waals surface area contributed by atoms with Crippen molar-refractivity contribution in [3.8, 4) is 0 Å². The molecule has 0 unspecified atom stereocenters. The summed E-state index contributed by atoms with van der Waals surface area (Å²) in [6.45, 7) is 0. The first-order chi connectivity index (χ1) is 9.90. The Kier molecular flexibility index (Phi) is 4.35. The summed E-state index contributed by atoms with van der Waals surface area (Å²) in [5.74, 6) is 0. The molecular formula is C16H12N2S2. The normalized spacial score (nSPS) is 10.4. The Hall–Kier alpha value is -1.78. The van der Waals surface area contributed by atoms with Crippen LogP contribution in [0.2, 0.25) is 0 Å². The van der Waals surface area contributed by atoms with Gasteiger partial charge in [0.05, 0.1) is 0 Å². The molecule has 98 valence electrons. The van der Waals surface area contributed by atoms with E-state index < -0.39 is 0 Å². The second-order valence-electron chi connectivity index (χ2n) is 4.02. The largest absolute Gasteiger partial charge is 0.230 e. The van der Waals surface area contributed by atoms with Gasteiger partial charge in [-0.15, -0.1) is 0 Å². The number of rotatable bonds is 4. The van der Waals surface area contributed by atoms with Gasteiger partial charge >= 0.3 is 0 Å². The van der Waals surface area contributed by atoms with Crippen molar-refractivity contribution < 1.29 is 0 Å². The predicted molar refractivity (Wildman–Crippen MR) is 83.2 cm³/mol. The van der Waals surface area contributed by atoms with Gasteiger partial charge in [0.25, 0.3) is 0 Å². The summed E-state index contributed by atoms with van der Waals surface area (Å²) >= 11 is 3.30. The average molecular weight is 296 g/mol. The molecule has 0 aliphatic carbocycles. The summed E-state index contributed by atoms with van der Waals surface area (Å²) in [6, 6.07) is 22.5. The number of aromatic nitrogens is 2. The van der Waals surface area contributed by atoms with Crippen LogP contribution < -0.4 is 0 Å². The Morgan fingerprint density at radius 2 is 1.05 bits per heavy atom. The fourth-order valence-corrected chi connectivity index (χ4v) is 3.34. The van der Waals surface area contributed by atoms with Crippen LogP contribution in [0.3, 0.4) is 0 Å². The van der Waals surface area contributed by atoms with Gasteiger partial charge in [0.15, 0.2) is 0 Å². The van der Waals surface area contributed by atoms with Gasteiger partial charge in [-0.3, -0.25) is 0 Å². The highest BCUT2D eigenvalue weighted by molar-refractivity contribution is 8.00. The first-order valence-electron chi connectivity index (χ1n) is 6.18. The SMILES string of the molecule is c1ccc(Sc2cc(Sc3ccccc3)ncn2)cc1. The van der Waals surface area contributed by atoms with E-state index in [0.29, 0.717) is 0 Å². The Balaban J connectivity index is 1.76. The highest BCUT2D eigenvalue weighted by Gasteiger charge is 2.03. The standard InChI is InChI=1S/C16H12N2S2/c1-3-7-13(8-4-1)19-15-11-16(18-12-17-15)20-14-9-5-2-6-10-14/h1-12H. The molecule has 0 atom stereocenters. The summed E-state index contributed by atoms with van der Waals surface area (Å²) in [7, 11) is 0. The van der Waals surface area contributed by atoms with Crippen molar-refractivity contribution in [2.45, 2.75) is 19.8 Å². The van der Waals surface area contributed by atoms with E-state index in [4.69, 9.17) is 0 Å². The lowest BCUT2D eigenvalue weighted by atomic mass is 10.4. The topological polar surface area (TPSA) is 25.8 Å². The van der Waals surface area contributed by atoms with Crippen LogP contribution in [-0.4, -0.2) is 9.97 Å². The zero-order valence-corrected chi connectivity index (χ0v) is 12.3. The first kappa shape index (κ1) is 13.2. The van der Waals surface area contributed by atoms with Crippen LogP contribution in [0.4, 0.5) is 0 Å². The molecule has 2 nitrogen and oxygen atoms in total. The molecule has 2 aromatic carbocycles. The van der Waals surface area contributed by atoms with E-state index in [-0.39, 0.29) is 0 Å². The van der Waals surface area contributed by atoms with Gasteiger partial charge in [-0.2, -0.15) is 0 Å². The minimum absolute atomic E-state index is 0.963. The highest BCUT2D eigenvalue weighted by atomic mass is 32.2. The van der Waals surface area contributed by atoms with Gasteiger partial charge in [0.2, 0.25) is 0 Å². The maximum atomic E-state index is 4.31. The maximum Gasteiger partial charge on any atom is 0.118 e. The molecule has 3 rings (SSSR count).